The summed E-state index contributed by atoms with van der Waals surface area (Å²) in [6, 6.07) is 9.70. The number of imide groups is 1. The first-order valence-corrected chi connectivity index (χ1v) is 8.58. The fraction of sp³-hybridized carbons (Fsp3) is 0.368. The van der Waals surface area contributed by atoms with Gasteiger partial charge in [0.05, 0.1) is 24.1 Å². The lowest BCUT2D eigenvalue weighted by Crippen LogP contribution is -2.40. The average molecular weight is 337 g/mol. The molecule has 128 valence electrons. The maximum absolute atomic E-state index is 12.5. The van der Waals surface area contributed by atoms with Crippen molar-refractivity contribution in [1.82, 2.24) is 9.91 Å². The zero-order chi connectivity index (χ0) is 17.4. The molecule has 25 heavy (non-hydrogen) atoms. The number of nitrogens with zero attached hydrogens (tertiary/aromatic N) is 3. The molecular formula is C19H19N3O3. The fourth-order valence-electron chi connectivity index (χ4n) is 3.71. The molecule has 2 atom stereocenters. The number of allylic oxidation sites excluding steroid dienone is 2. The van der Waals surface area contributed by atoms with Crippen LogP contribution in [0.2, 0.25) is 0 Å². The van der Waals surface area contributed by atoms with E-state index in [0.29, 0.717) is 25.8 Å². The largest absolute Gasteiger partial charge is 0.274 e. The predicted molar refractivity (Wildman–Crippen MR) is 91.4 cm³/mol. The van der Waals surface area contributed by atoms with E-state index in [9.17, 15) is 14.4 Å². The van der Waals surface area contributed by atoms with E-state index < -0.39 is 0 Å². The predicted octanol–water partition coefficient (Wildman–Crippen LogP) is 1.57. The summed E-state index contributed by atoms with van der Waals surface area (Å²) in [6.45, 7) is 0.268. The summed E-state index contributed by atoms with van der Waals surface area (Å²) in [5.74, 6) is -1.35. The van der Waals surface area contributed by atoms with Crippen LogP contribution in [0.15, 0.2) is 47.6 Å². The van der Waals surface area contributed by atoms with Gasteiger partial charge in [-0.1, -0.05) is 42.5 Å². The molecule has 0 saturated carbocycles. The summed E-state index contributed by atoms with van der Waals surface area (Å²) in [5.41, 5.74) is 1.84. The van der Waals surface area contributed by atoms with E-state index in [2.05, 4.69) is 5.10 Å². The maximum atomic E-state index is 12.5. The molecule has 0 spiro atoms. The van der Waals surface area contributed by atoms with Crippen LogP contribution in [0.4, 0.5) is 0 Å². The molecule has 2 heterocycles. The lowest BCUT2D eigenvalue weighted by molar-refractivity contribution is -0.146. The third-order valence-electron chi connectivity index (χ3n) is 5.09. The van der Waals surface area contributed by atoms with Crippen LogP contribution in [0.3, 0.4) is 0 Å². The normalized spacial score (nSPS) is 25.4. The number of hydrogen-bond donors (Lipinski definition) is 0. The molecule has 1 saturated heterocycles. The molecule has 2 aliphatic heterocycles. The molecule has 6 heteroatoms. The molecule has 0 aromatic heterocycles. The number of carbonyl (C=O) groups is 3. The maximum Gasteiger partial charge on any atom is 0.262 e. The average Bonchev–Trinajstić information content (AvgIpc) is 3.23. The smallest absolute Gasteiger partial charge is 0.262 e. The van der Waals surface area contributed by atoms with E-state index in [1.807, 2.05) is 42.5 Å². The highest BCUT2D eigenvalue weighted by molar-refractivity contribution is 6.08. The van der Waals surface area contributed by atoms with E-state index in [4.69, 9.17) is 0 Å². The van der Waals surface area contributed by atoms with Gasteiger partial charge in [-0.15, -0.1) is 0 Å². The van der Waals surface area contributed by atoms with Gasteiger partial charge < -0.3 is 0 Å². The van der Waals surface area contributed by atoms with Gasteiger partial charge >= 0.3 is 0 Å². The summed E-state index contributed by atoms with van der Waals surface area (Å²) < 4.78 is 0. The summed E-state index contributed by atoms with van der Waals surface area (Å²) in [7, 11) is 0. The molecule has 0 unspecified atom stereocenters. The Balaban J connectivity index is 1.45. The number of likely N-dealkylation sites (tertiary alicyclic amines) is 1. The molecule has 6 nitrogen and oxygen atoms in total. The van der Waals surface area contributed by atoms with Crippen molar-refractivity contribution in [1.29, 1.82) is 0 Å². The van der Waals surface area contributed by atoms with Crippen LogP contribution >= 0.6 is 0 Å². The minimum Gasteiger partial charge on any atom is -0.274 e. The van der Waals surface area contributed by atoms with E-state index >= 15 is 0 Å². The second-order valence-corrected chi connectivity index (χ2v) is 6.60. The van der Waals surface area contributed by atoms with Crippen molar-refractivity contribution in [3.05, 3.63) is 48.0 Å². The molecule has 1 aliphatic carbocycles. The number of hydrazone groups is 1. The number of fused-ring (bicyclic) bond motifs is 1. The standard InChI is InChI=1S/C19H19N3O3/c23-17(22-11-10-16(20-22)13-6-2-1-3-7-13)12-21-18(24)14-8-4-5-9-15(14)19(21)25/h1-7,14-15H,8-12H2/t14-,15-/m1/s1. The van der Waals surface area contributed by atoms with Gasteiger partial charge in [-0.05, 0) is 18.4 Å². The highest BCUT2D eigenvalue weighted by Crippen LogP contribution is 2.35. The summed E-state index contributed by atoms with van der Waals surface area (Å²) in [5, 5.41) is 5.76. The van der Waals surface area contributed by atoms with Gasteiger partial charge in [0, 0.05) is 6.42 Å². The molecular weight excluding hydrogens is 318 g/mol. The van der Waals surface area contributed by atoms with Crippen molar-refractivity contribution >= 4 is 23.4 Å². The lowest BCUT2D eigenvalue weighted by atomic mass is 9.85. The van der Waals surface area contributed by atoms with E-state index in [-0.39, 0.29) is 36.1 Å². The number of benzene rings is 1. The number of carbonyl (C=O) groups excluding carboxylic acids is 3. The third kappa shape index (κ3) is 2.77. The van der Waals surface area contributed by atoms with Crippen LogP contribution < -0.4 is 0 Å². The molecule has 1 aromatic rings. The van der Waals surface area contributed by atoms with Gasteiger partial charge in [-0.2, -0.15) is 5.10 Å². The van der Waals surface area contributed by atoms with Gasteiger partial charge in [0.1, 0.15) is 6.54 Å². The van der Waals surface area contributed by atoms with Crippen molar-refractivity contribution in [2.45, 2.75) is 19.3 Å². The van der Waals surface area contributed by atoms with Gasteiger partial charge in [0.25, 0.3) is 5.91 Å². The molecule has 1 aromatic carbocycles. The van der Waals surface area contributed by atoms with Crippen LogP contribution in [-0.4, -0.2) is 46.4 Å². The van der Waals surface area contributed by atoms with Gasteiger partial charge in [-0.3, -0.25) is 19.3 Å². The second kappa shape index (κ2) is 6.27. The zero-order valence-electron chi connectivity index (χ0n) is 13.8. The Morgan fingerprint density at radius 1 is 1.04 bits per heavy atom. The number of rotatable bonds is 3. The Hall–Kier alpha value is -2.76. The van der Waals surface area contributed by atoms with Crippen molar-refractivity contribution < 1.29 is 14.4 Å². The summed E-state index contributed by atoms with van der Waals surface area (Å²) in [4.78, 5) is 38.6. The molecule has 0 radical (unpaired) electrons. The fourth-order valence-corrected chi connectivity index (χ4v) is 3.71. The van der Waals surface area contributed by atoms with Crippen molar-refractivity contribution in [3.8, 4) is 0 Å². The highest BCUT2D eigenvalue weighted by Gasteiger charge is 2.48. The Morgan fingerprint density at radius 2 is 1.68 bits per heavy atom. The molecule has 3 amide bonds. The minimum atomic E-state index is -0.306. The van der Waals surface area contributed by atoms with E-state index in [0.717, 1.165) is 16.2 Å². The Kier molecular flexibility index (Phi) is 3.95. The quantitative estimate of drug-likeness (QED) is 0.621. The highest BCUT2D eigenvalue weighted by atomic mass is 16.2. The first kappa shape index (κ1) is 15.7. The first-order valence-electron chi connectivity index (χ1n) is 8.58. The Bertz CT molecular complexity index is 758. The van der Waals surface area contributed by atoms with Crippen LogP contribution in [0, 0.1) is 11.8 Å². The van der Waals surface area contributed by atoms with Crippen LogP contribution in [0.1, 0.15) is 24.8 Å². The molecule has 4 rings (SSSR count). The molecule has 0 N–H and O–H groups in total. The summed E-state index contributed by atoms with van der Waals surface area (Å²) in [6.07, 6.45) is 5.72. The van der Waals surface area contributed by atoms with Crippen LogP contribution in [0.5, 0.6) is 0 Å². The van der Waals surface area contributed by atoms with Crippen LogP contribution in [-0.2, 0) is 14.4 Å². The number of hydrogen-bond acceptors (Lipinski definition) is 4. The summed E-state index contributed by atoms with van der Waals surface area (Å²) >= 11 is 0. The lowest BCUT2D eigenvalue weighted by Gasteiger charge is -2.17. The monoisotopic (exact) mass is 337 g/mol. The van der Waals surface area contributed by atoms with Gasteiger partial charge in [0.2, 0.25) is 11.8 Å². The first-order chi connectivity index (χ1) is 12.1. The van der Waals surface area contributed by atoms with Crippen molar-refractivity contribution in [2.75, 3.05) is 13.1 Å². The number of amides is 3. The third-order valence-corrected chi connectivity index (χ3v) is 5.09. The zero-order valence-corrected chi connectivity index (χ0v) is 13.8. The SMILES string of the molecule is O=C(CN1C(=O)[C@@H]2CC=CC[C@H]2C1=O)N1CCC(c2ccccc2)=N1. The second-order valence-electron chi connectivity index (χ2n) is 6.60. The van der Waals surface area contributed by atoms with Crippen molar-refractivity contribution in [3.63, 3.8) is 0 Å². The molecule has 1 fully saturated rings. The van der Waals surface area contributed by atoms with Crippen molar-refractivity contribution in [2.24, 2.45) is 16.9 Å². The van der Waals surface area contributed by atoms with Crippen LogP contribution in [0.25, 0.3) is 0 Å². The minimum absolute atomic E-state index is 0.212. The van der Waals surface area contributed by atoms with Gasteiger partial charge in [-0.25, -0.2) is 5.01 Å². The van der Waals surface area contributed by atoms with E-state index in [1.54, 1.807) is 0 Å². The topological polar surface area (TPSA) is 70.1 Å². The molecule has 0 bridgehead atoms. The Morgan fingerprint density at radius 3 is 2.32 bits per heavy atom. The van der Waals surface area contributed by atoms with E-state index in [1.165, 1.54) is 5.01 Å². The van der Waals surface area contributed by atoms with Gasteiger partial charge in [0.15, 0.2) is 0 Å². The Labute approximate surface area is 145 Å². The molecule has 3 aliphatic rings.